The van der Waals surface area contributed by atoms with Gasteiger partial charge < -0.3 is 10.2 Å². The van der Waals surface area contributed by atoms with Crippen LogP contribution in [0.15, 0.2) is 0 Å². The summed E-state index contributed by atoms with van der Waals surface area (Å²) in [5.41, 5.74) is 0.00950. The molecule has 0 aromatic carbocycles. The number of hydrogen-bond acceptors (Lipinski definition) is 1. The molecule has 0 bridgehead atoms. The lowest BCUT2D eigenvalue weighted by Crippen LogP contribution is -2.43. The Morgan fingerprint density at radius 3 is 2.47 bits per heavy atom. The maximum atomic E-state index is 11.8. The van der Waals surface area contributed by atoms with Gasteiger partial charge in [0.1, 0.15) is 6.54 Å². The van der Waals surface area contributed by atoms with E-state index in [0.717, 1.165) is 6.42 Å². The SMILES string of the molecule is CC1(C)CCN(C(=O)NCC(F)(F)F)C1. The van der Waals surface area contributed by atoms with Crippen LogP contribution in [0, 0.1) is 5.41 Å². The molecule has 1 N–H and O–H groups in total. The smallest absolute Gasteiger partial charge is 0.329 e. The third kappa shape index (κ3) is 3.97. The Balaban J connectivity index is 2.37. The molecule has 0 aliphatic carbocycles. The van der Waals surface area contributed by atoms with Crippen LogP contribution in [0.1, 0.15) is 20.3 Å². The second kappa shape index (κ2) is 3.90. The summed E-state index contributed by atoms with van der Waals surface area (Å²) in [5, 5.41) is 1.86. The molecule has 2 amide bonds. The third-order valence-electron chi connectivity index (χ3n) is 2.40. The molecule has 88 valence electrons. The van der Waals surface area contributed by atoms with Crippen molar-refractivity contribution >= 4 is 6.03 Å². The van der Waals surface area contributed by atoms with Gasteiger partial charge in [-0.2, -0.15) is 13.2 Å². The summed E-state index contributed by atoms with van der Waals surface area (Å²) in [7, 11) is 0. The highest BCUT2D eigenvalue weighted by Gasteiger charge is 2.34. The zero-order valence-electron chi connectivity index (χ0n) is 8.82. The highest BCUT2D eigenvalue weighted by atomic mass is 19.4. The molecule has 0 saturated carbocycles. The van der Waals surface area contributed by atoms with E-state index in [1.54, 1.807) is 0 Å². The number of carbonyl (C=O) groups excluding carboxylic acids is 1. The Hall–Kier alpha value is -0.940. The van der Waals surface area contributed by atoms with E-state index in [1.165, 1.54) is 4.90 Å². The highest BCUT2D eigenvalue weighted by molar-refractivity contribution is 5.74. The normalized spacial score (nSPS) is 20.5. The molecule has 6 heteroatoms. The van der Waals surface area contributed by atoms with Crippen LogP contribution < -0.4 is 5.32 Å². The van der Waals surface area contributed by atoms with Gasteiger partial charge in [-0.05, 0) is 11.8 Å². The molecule has 1 saturated heterocycles. The summed E-state index contributed by atoms with van der Waals surface area (Å²) < 4.78 is 35.5. The van der Waals surface area contributed by atoms with E-state index in [4.69, 9.17) is 0 Å². The van der Waals surface area contributed by atoms with Crippen LogP contribution in [0.5, 0.6) is 0 Å². The van der Waals surface area contributed by atoms with Crippen LogP contribution in [-0.2, 0) is 0 Å². The van der Waals surface area contributed by atoms with Crippen molar-refractivity contribution in [2.75, 3.05) is 19.6 Å². The van der Waals surface area contributed by atoms with Crippen LogP contribution in [0.2, 0.25) is 0 Å². The summed E-state index contributed by atoms with van der Waals surface area (Å²) in [6.45, 7) is 3.75. The van der Waals surface area contributed by atoms with Gasteiger partial charge >= 0.3 is 12.2 Å². The fourth-order valence-corrected chi connectivity index (χ4v) is 1.57. The summed E-state index contributed by atoms with van der Waals surface area (Å²) in [6.07, 6.45) is -3.52. The molecule has 0 spiro atoms. The van der Waals surface area contributed by atoms with E-state index < -0.39 is 18.8 Å². The van der Waals surface area contributed by atoms with Crippen molar-refractivity contribution in [3.8, 4) is 0 Å². The molecule has 1 fully saturated rings. The minimum Gasteiger partial charge on any atom is -0.329 e. The van der Waals surface area contributed by atoms with Crippen LogP contribution in [0.4, 0.5) is 18.0 Å². The number of alkyl halides is 3. The van der Waals surface area contributed by atoms with Crippen molar-refractivity contribution in [3.05, 3.63) is 0 Å². The predicted octanol–water partition coefficient (Wildman–Crippen LogP) is 1.99. The second-order valence-corrected chi connectivity index (χ2v) is 4.61. The molecule has 0 radical (unpaired) electrons. The highest BCUT2D eigenvalue weighted by Crippen LogP contribution is 2.28. The molecule has 3 nitrogen and oxygen atoms in total. The lowest BCUT2D eigenvalue weighted by Gasteiger charge is -2.20. The number of halogens is 3. The Labute approximate surface area is 86.6 Å². The zero-order chi connectivity index (χ0) is 11.7. The van der Waals surface area contributed by atoms with Crippen molar-refractivity contribution in [1.82, 2.24) is 10.2 Å². The number of nitrogens with zero attached hydrogens (tertiary/aromatic N) is 1. The standard InChI is InChI=1S/C9H15F3N2O/c1-8(2)3-4-14(6-8)7(15)13-5-9(10,11)12/h3-6H2,1-2H3,(H,13,15). The third-order valence-corrected chi connectivity index (χ3v) is 2.40. The zero-order valence-corrected chi connectivity index (χ0v) is 8.82. The molecular formula is C9H15F3N2O. The van der Waals surface area contributed by atoms with Gasteiger partial charge in [-0.3, -0.25) is 0 Å². The lowest BCUT2D eigenvalue weighted by atomic mass is 9.93. The number of carbonyl (C=O) groups is 1. The Bertz CT molecular complexity index is 250. The number of hydrogen-bond donors (Lipinski definition) is 1. The van der Waals surface area contributed by atoms with Gasteiger partial charge in [0.05, 0.1) is 0 Å². The monoisotopic (exact) mass is 224 g/mol. The first-order chi connectivity index (χ1) is 6.70. The lowest BCUT2D eigenvalue weighted by molar-refractivity contribution is -0.123. The number of likely N-dealkylation sites (tertiary alicyclic amines) is 1. The van der Waals surface area contributed by atoms with Crippen molar-refractivity contribution in [2.45, 2.75) is 26.4 Å². The second-order valence-electron chi connectivity index (χ2n) is 4.61. The van der Waals surface area contributed by atoms with Crippen LogP contribution >= 0.6 is 0 Å². The van der Waals surface area contributed by atoms with Crippen molar-refractivity contribution < 1.29 is 18.0 Å². The molecule has 1 heterocycles. The predicted molar refractivity (Wildman–Crippen MR) is 49.4 cm³/mol. The summed E-state index contributed by atoms with van der Waals surface area (Å²) in [4.78, 5) is 12.7. The minimum atomic E-state index is -4.34. The first-order valence-corrected chi connectivity index (χ1v) is 4.79. The van der Waals surface area contributed by atoms with E-state index in [1.807, 2.05) is 19.2 Å². The van der Waals surface area contributed by atoms with Gasteiger partial charge in [-0.1, -0.05) is 13.8 Å². The van der Waals surface area contributed by atoms with Gasteiger partial charge in [-0.15, -0.1) is 0 Å². The van der Waals surface area contributed by atoms with Gasteiger partial charge in [0, 0.05) is 13.1 Å². The number of rotatable bonds is 1. The Morgan fingerprint density at radius 2 is 2.07 bits per heavy atom. The van der Waals surface area contributed by atoms with Crippen LogP contribution in [0.25, 0.3) is 0 Å². The molecule has 15 heavy (non-hydrogen) atoms. The van der Waals surface area contributed by atoms with Crippen molar-refractivity contribution in [1.29, 1.82) is 0 Å². The minimum absolute atomic E-state index is 0.00950. The van der Waals surface area contributed by atoms with Crippen molar-refractivity contribution in [2.24, 2.45) is 5.41 Å². The largest absolute Gasteiger partial charge is 0.405 e. The molecule has 0 atom stereocenters. The first kappa shape index (κ1) is 12.1. The Kier molecular flexibility index (Phi) is 3.16. The van der Waals surface area contributed by atoms with Crippen molar-refractivity contribution in [3.63, 3.8) is 0 Å². The van der Waals surface area contributed by atoms with E-state index in [-0.39, 0.29) is 5.41 Å². The summed E-state index contributed by atoms with van der Waals surface area (Å²) >= 11 is 0. The number of amides is 2. The molecule has 1 rings (SSSR count). The average molecular weight is 224 g/mol. The van der Waals surface area contributed by atoms with Gasteiger partial charge in [0.2, 0.25) is 0 Å². The van der Waals surface area contributed by atoms with E-state index in [2.05, 4.69) is 0 Å². The van der Waals surface area contributed by atoms with E-state index in [0.29, 0.717) is 13.1 Å². The number of nitrogens with one attached hydrogen (secondary N) is 1. The van der Waals surface area contributed by atoms with Gasteiger partial charge in [0.15, 0.2) is 0 Å². The quantitative estimate of drug-likeness (QED) is 0.725. The fraction of sp³-hybridized carbons (Fsp3) is 0.889. The molecule has 0 aromatic heterocycles. The molecular weight excluding hydrogens is 209 g/mol. The van der Waals surface area contributed by atoms with E-state index in [9.17, 15) is 18.0 Å². The first-order valence-electron chi connectivity index (χ1n) is 4.79. The molecule has 0 unspecified atom stereocenters. The van der Waals surface area contributed by atoms with Crippen LogP contribution in [0.3, 0.4) is 0 Å². The number of urea groups is 1. The maximum absolute atomic E-state index is 11.8. The van der Waals surface area contributed by atoms with Gasteiger partial charge in [-0.25, -0.2) is 4.79 Å². The maximum Gasteiger partial charge on any atom is 0.405 e. The topological polar surface area (TPSA) is 32.3 Å². The summed E-state index contributed by atoms with van der Waals surface area (Å²) in [6, 6.07) is -0.627. The molecule has 1 aliphatic rings. The van der Waals surface area contributed by atoms with E-state index >= 15 is 0 Å². The van der Waals surface area contributed by atoms with Gasteiger partial charge in [0.25, 0.3) is 0 Å². The Morgan fingerprint density at radius 1 is 1.47 bits per heavy atom. The average Bonchev–Trinajstić information content (AvgIpc) is 2.40. The molecule has 0 aromatic rings. The fourth-order valence-electron chi connectivity index (χ4n) is 1.57. The van der Waals surface area contributed by atoms with Crippen LogP contribution in [-0.4, -0.2) is 36.7 Å². The molecule has 1 aliphatic heterocycles. The summed E-state index contributed by atoms with van der Waals surface area (Å²) in [5.74, 6) is 0.